The first kappa shape index (κ1) is 22.3. The maximum Gasteiger partial charge on any atom is 0.161 e. The summed E-state index contributed by atoms with van der Waals surface area (Å²) in [5.74, 6) is 2.63. The molecule has 0 bridgehead atoms. The Balaban J connectivity index is 1.59. The maximum absolute atomic E-state index is 6.19. The zero-order chi connectivity index (χ0) is 22.1. The number of hydrogen-bond acceptors (Lipinski definition) is 6. The molecule has 0 spiro atoms. The van der Waals surface area contributed by atoms with E-state index in [0.717, 1.165) is 16.7 Å². The van der Waals surface area contributed by atoms with Crippen molar-refractivity contribution in [2.24, 2.45) is 5.10 Å². The van der Waals surface area contributed by atoms with Crippen molar-refractivity contribution in [2.45, 2.75) is 13.2 Å². The van der Waals surface area contributed by atoms with Gasteiger partial charge >= 0.3 is 0 Å². The van der Waals surface area contributed by atoms with Crippen molar-refractivity contribution < 1.29 is 18.9 Å². The minimum atomic E-state index is 0.357. The van der Waals surface area contributed by atoms with E-state index in [0.29, 0.717) is 41.2 Å². The molecule has 3 aromatic carbocycles. The molecule has 0 atom stereocenters. The predicted octanol–water partition coefficient (Wildman–Crippen LogP) is 5.07. The second-order valence-electron chi connectivity index (χ2n) is 6.57. The van der Waals surface area contributed by atoms with Crippen molar-refractivity contribution in [2.75, 3.05) is 21.3 Å². The number of halogens is 1. The fraction of sp³-hybridized carbons (Fsp3) is 0.208. The third-order valence-electron chi connectivity index (χ3n) is 4.56. The molecule has 1 N–H and O–H groups in total. The van der Waals surface area contributed by atoms with E-state index in [1.54, 1.807) is 27.5 Å². The lowest BCUT2D eigenvalue weighted by Gasteiger charge is -2.12. The molecule has 31 heavy (non-hydrogen) atoms. The molecule has 0 fully saturated rings. The third kappa shape index (κ3) is 6.06. The Labute approximate surface area is 187 Å². The van der Waals surface area contributed by atoms with Gasteiger partial charge in [-0.15, -0.1) is 0 Å². The Hall–Kier alpha value is -3.38. The molecule has 3 rings (SSSR count). The highest BCUT2D eigenvalue weighted by Crippen LogP contribution is 2.29. The van der Waals surface area contributed by atoms with Crippen LogP contribution in [0.4, 0.5) is 0 Å². The summed E-state index contributed by atoms with van der Waals surface area (Å²) in [6.45, 7) is 0.906. The Kier molecular flexibility index (Phi) is 8.01. The van der Waals surface area contributed by atoms with Gasteiger partial charge in [0.2, 0.25) is 0 Å². The highest BCUT2D eigenvalue weighted by atomic mass is 35.5. The minimum absolute atomic E-state index is 0.357. The SMILES string of the molecule is COc1ccc(CN/N=C\c2ccc(OCc3ccccc3Cl)c(OC)c2)cc1OC. The lowest BCUT2D eigenvalue weighted by Crippen LogP contribution is -2.06. The summed E-state index contributed by atoms with van der Waals surface area (Å²) in [7, 11) is 4.83. The van der Waals surface area contributed by atoms with Gasteiger partial charge < -0.3 is 24.4 Å². The first-order valence-corrected chi connectivity index (χ1v) is 10.0. The van der Waals surface area contributed by atoms with Crippen LogP contribution in [0.5, 0.6) is 23.0 Å². The van der Waals surface area contributed by atoms with Crippen molar-refractivity contribution in [3.05, 3.63) is 82.4 Å². The number of rotatable bonds is 10. The normalized spacial score (nSPS) is 10.7. The van der Waals surface area contributed by atoms with Gasteiger partial charge in [-0.3, -0.25) is 0 Å². The summed E-state index contributed by atoms with van der Waals surface area (Å²) in [6, 6.07) is 18.9. The molecule has 3 aromatic rings. The van der Waals surface area contributed by atoms with E-state index in [4.69, 9.17) is 30.5 Å². The van der Waals surface area contributed by atoms with Crippen molar-refractivity contribution in [1.82, 2.24) is 5.43 Å². The number of hydrogen-bond donors (Lipinski definition) is 1. The van der Waals surface area contributed by atoms with Crippen molar-refractivity contribution in [1.29, 1.82) is 0 Å². The monoisotopic (exact) mass is 440 g/mol. The molecule has 6 nitrogen and oxygen atoms in total. The number of nitrogens with zero attached hydrogens (tertiary/aromatic N) is 1. The summed E-state index contributed by atoms with van der Waals surface area (Å²) in [6.07, 6.45) is 1.72. The second-order valence-corrected chi connectivity index (χ2v) is 6.98. The number of hydrazone groups is 1. The number of ether oxygens (including phenoxy) is 4. The van der Waals surface area contributed by atoms with Crippen LogP contribution < -0.4 is 24.4 Å². The van der Waals surface area contributed by atoms with E-state index < -0.39 is 0 Å². The van der Waals surface area contributed by atoms with Gasteiger partial charge in [-0.05, 0) is 47.5 Å². The van der Waals surface area contributed by atoms with Gasteiger partial charge in [0, 0.05) is 10.6 Å². The Morgan fingerprint density at radius 3 is 2.29 bits per heavy atom. The van der Waals surface area contributed by atoms with Crippen LogP contribution in [0.15, 0.2) is 65.8 Å². The third-order valence-corrected chi connectivity index (χ3v) is 4.93. The summed E-state index contributed by atoms with van der Waals surface area (Å²) < 4.78 is 21.9. The van der Waals surface area contributed by atoms with E-state index in [1.165, 1.54) is 0 Å². The Bertz CT molecular complexity index is 1040. The molecule has 0 aliphatic carbocycles. The predicted molar refractivity (Wildman–Crippen MR) is 123 cm³/mol. The maximum atomic E-state index is 6.19. The van der Waals surface area contributed by atoms with Crippen LogP contribution in [-0.2, 0) is 13.2 Å². The van der Waals surface area contributed by atoms with Crippen molar-refractivity contribution in [3.63, 3.8) is 0 Å². The van der Waals surface area contributed by atoms with Crippen molar-refractivity contribution >= 4 is 17.8 Å². The quantitative estimate of drug-likeness (QED) is 0.352. The molecule has 0 aliphatic heterocycles. The Morgan fingerprint density at radius 2 is 1.55 bits per heavy atom. The van der Waals surface area contributed by atoms with Gasteiger partial charge in [0.15, 0.2) is 23.0 Å². The van der Waals surface area contributed by atoms with Gasteiger partial charge in [-0.1, -0.05) is 35.9 Å². The van der Waals surface area contributed by atoms with E-state index in [9.17, 15) is 0 Å². The fourth-order valence-corrected chi connectivity index (χ4v) is 3.09. The van der Waals surface area contributed by atoms with E-state index in [1.807, 2.05) is 60.7 Å². The standard InChI is InChI=1S/C24H25ClN2O4/c1-28-21-10-8-17(12-23(21)29-2)14-26-27-15-18-9-11-22(24(13-18)30-3)31-16-19-6-4-5-7-20(19)25/h4-13,15,26H,14,16H2,1-3H3/b27-15-. The van der Waals surface area contributed by atoms with Gasteiger partial charge in [0.1, 0.15) is 6.61 Å². The summed E-state index contributed by atoms with van der Waals surface area (Å²) in [4.78, 5) is 0. The first-order chi connectivity index (χ1) is 15.1. The van der Waals surface area contributed by atoms with Crippen LogP contribution in [0.2, 0.25) is 5.02 Å². The first-order valence-electron chi connectivity index (χ1n) is 9.65. The zero-order valence-corrected chi connectivity index (χ0v) is 18.5. The van der Waals surface area contributed by atoms with Gasteiger partial charge in [-0.2, -0.15) is 5.10 Å². The number of nitrogens with one attached hydrogen (secondary N) is 1. The van der Waals surface area contributed by atoms with E-state index >= 15 is 0 Å². The average molecular weight is 441 g/mol. The zero-order valence-electron chi connectivity index (χ0n) is 17.7. The number of benzene rings is 3. The lowest BCUT2D eigenvalue weighted by atomic mass is 10.2. The minimum Gasteiger partial charge on any atom is -0.493 e. The molecule has 7 heteroatoms. The summed E-state index contributed by atoms with van der Waals surface area (Å²) in [5, 5.41) is 4.96. The van der Waals surface area contributed by atoms with Crippen LogP contribution in [0.3, 0.4) is 0 Å². The van der Waals surface area contributed by atoms with Crippen LogP contribution in [0.1, 0.15) is 16.7 Å². The molecule has 0 saturated carbocycles. The van der Waals surface area contributed by atoms with Crippen molar-refractivity contribution in [3.8, 4) is 23.0 Å². The molecule has 0 aliphatic rings. The molecule has 0 aromatic heterocycles. The van der Waals surface area contributed by atoms with Crippen LogP contribution in [0.25, 0.3) is 0 Å². The molecule has 0 radical (unpaired) electrons. The van der Waals surface area contributed by atoms with E-state index in [2.05, 4.69) is 10.5 Å². The molecule has 0 amide bonds. The van der Waals surface area contributed by atoms with Gasteiger partial charge in [0.05, 0.1) is 34.1 Å². The molecule has 0 unspecified atom stereocenters. The molecule has 162 valence electrons. The highest BCUT2D eigenvalue weighted by molar-refractivity contribution is 6.31. The molecule has 0 heterocycles. The topological polar surface area (TPSA) is 61.3 Å². The molecule has 0 saturated heterocycles. The Morgan fingerprint density at radius 1 is 0.839 bits per heavy atom. The number of methoxy groups -OCH3 is 3. The smallest absolute Gasteiger partial charge is 0.161 e. The summed E-state index contributed by atoms with van der Waals surface area (Å²) >= 11 is 6.19. The average Bonchev–Trinajstić information content (AvgIpc) is 2.81. The molecular weight excluding hydrogens is 416 g/mol. The fourth-order valence-electron chi connectivity index (χ4n) is 2.90. The second kappa shape index (κ2) is 11.1. The van der Waals surface area contributed by atoms with Crippen LogP contribution in [-0.4, -0.2) is 27.5 Å². The largest absolute Gasteiger partial charge is 0.493 e. The van der Waals surface area contributed by atoms with Gasteiger partial charge in [-0.25, -0.2) is 0 Å². The summed E-state index contributed by atoms with van der Waals surface area (Å²) in [5.41, 5.74) is 5.84. The van der Waals surface area contributed by atoms with Gasteiger partial charge in [0.25, 0.3) is 0 Å². The highest BCUT2D eigenvalue weighted by Gasteiger charge is 2.07. The molecular formula is C24H25ClN2O4. The van der Waals surface area contributed by atoms with Crippen LogP contribution >= 0.6 is 11.6 Å². The van der Waals surface area contributed by atoms with Crippen LogP contribution in [0, 0.1) is 0 Å². The van der Waals surface area contributed by atoms with E-state index in [-0.39, 0.29) is 0 Å². The lowest BCUT2D eigenvalue weighted by molar-refractivity contribution is 0.284.